The first-order valence-electron chi connectivity index (χ1n) is 22.3. The van der Waals surface area contributed by atoms with Gasteiger partial charge in [0.15, 0.2) is 0 Å². The third-order valence-corrected chi connectivity index (χ3v) is 13.4. The Balaban J connectivity index is 1.11. The molecule has 308 valence electrons. The van der Waals surface area contributed by atoms with Crippen molar-refractivity contribution >= 4 is 27.8 Å². The fraction of sp³-hybridized carbons (Fsp3) is 0.0794. The number of aryl methyl sites for hydroxylation is 2. The number of allylic oxidation sites excluding steroid dienone is 5. The first-order valence-corrected chi connectivity index (χ1v) is 22.3. The lowest BCUT2D eigenvalue weighted by Crippen LogP contribution is -2.22. The Hall–Kier alpha value is -7.74. The lowest BCUT2D eigenvalue weighted by Gasteiger charge is -2.31. The zero-order chi connectivity index (χ0) is 43.8. The summed E-state index contributed by atoms with van der Waals surface area (Å²) >= 11 is 0. The van der Waals surface area contributed by atoms with E-state index in [4.69, 9.17) is 6.58 Å². The summed E-state index contributed by atoms with van der Waals surface area (Å²) < 4.78 is 0. The van der Waals surface area contributed by atoms with Gasteiger partial charge in [0.2, 0.25) is 0 Å². The number of rotatable bonds is 10. The largest absolute Gasteiger partial charge is 0.310 e. The molecule has 10 rings (SSSR count). The molecule has 64 heavy (non-hydrogen) atoms. The van der Waals surface area contributed by atoms with Crippen LogP contribution in [0.1, 0.15) is 36.1 Å². The molecular formula is C63H51N. The maximum Gasteiger partial charge on any atom is 0.0465 e. The summed E-state index contributed by atoms with van der Waals surface area (Å²) in [7, 11) is 0. The van der Waals surface area contributed by atoms with Crippen LogP contribution in [0.5, 0.6) is 0 Å². The maximum atomic E-state index is 4.69. The first kappa shape index (κ1) is 40.3. The Morgan fingerprint density at radius 1 is 0.438 bits per heavy atom. The van der Waals surface area contributed by atoms with Gasteiger partial charge in [-0.25, -0.2) is 0 Å². The molecular weight excluding hydrogens is 771 g/mol. The number of anilines is 3. The molecule has 0 bridgehead atoms. The number of fused-ring (bicyclic) bond motifs is 4. The number of hydrogen-bond acceptors (Lipinski definition) is 1. The second-order valence-corrected chi connectivity index (χ2v) is 17.1. The van der Waals surface area contributed by atoms with Gasteiger partial charge in [-0.05, 0) is 170 Å². The molecule has 1 atom stereocenters. The van der Waals surface area contributed by atoms with Crippen LogP contribution in [-0.4, -0.2) is 0 Å². The van der Waals surface area contributed by atoms with Crippen molar-refractivity contribution in [2.45, 2.75) is 33.1 Å². The zero-order valence-electron chi connectivity index (χ0n) is 37.0. The lowest BCUT2D eigenvalue weighted by atomic mass is 9.74. The SMILES string of the molecule is C=C(/C=C\C=C/C)C1(C)c2ccccc2-c2ccc(N(c3ccc(-c4cccc(-c5ccccc5)c4)cc3)c3ccc(-c4cc(-c5ccccc5C)c(C)c5ccccc45)cc3)cc21. The van der Waals surface area contributed by atoms with Crippen molar-refractivity contribution in [3.8, 4) is 55.6 Å². The molecule has 0 aliphatic heterocycles. The van der Waals surface area contributed by atoms with Gasteiger partial charge in [0.25, 0.3) is 0 Å². The average molecular weight is 822 g/mol. The molecule has 1 aliphatic carbocycles. The maximum absolute atomic E-state index is 4.69. The van der Waals surface area contributed by atoms with Crippen molar-refractivity contribution in [2.75, 3.05) is 4.90 Å². The summed E-state index contributed by atoms with van der Waals surface area (Å²) in [6.45, 7) is 13.5. The van der Waals surface area contributed by atoms with Crippen LogP contribution in [-0.2, 0) is 5.41 Å². The molecule has 0 spiro atoms. The van der Waals surface area contributed by atoms with E-state index in [-0.39, 0.29) is 0 Å². The van der Waals surface area contributed by atoms with Gasteiger partial charge in [0, 0.05) is 22.5 Å². The van der Waals surface area contributed by atoms with Gasteiger partial charge >= 0.3 is 0 Å². The van der Waals surface area contributed by atoms with E-state index < -0.39 is 5.41 Å². The molecule has 1 unspecified atom stereocenters. The van der Waals surface area contributed by atoms with Gasteiger partial charge in [-0.15, -0.1) is 0 Å². The molecule has 9 aromatic carbocycles. The normalized spacial score (nSPS) is 14.2. The second kappa shape index (κ2) is 16.9. The van der Waals surface area contributed by atoms with E-state index >= 15 is 0 Å². The van der Waals surface area contributed by atoms with Gasteiger partial charge in [-0.3, -0.25) is 0 Å². The summed E-state index contributed by atoms with van der Waals surface area (Å²) in [5.41, 5.74) is 21.3. The van der Waals surface area contributed by atoms with E-state index in [1.54, 1.807) is 0 Å². The minimum atomic E-state index is -0.412. The van der Waals surface area contributed by atoms with Crippen molar-refractivity contribution < 1.29 is 0 Å². The van der Waals surface area contributed by atoms with E-state index in [1.165, 1.54) is 88.7 Å². The average Bonchev–Trinajstić information content (AvgIpc) is 3.61. The van der Waals surface area contributed by atoms with Gasteiger partial charge in [0.05, 0.1) is 0 Å². The molecule has 0 N–H and O–H groups in total. The molecule has 9 aromatic rings. The Kier molecular flexibility index (Phi) is 10.6. The first-order chi connectivity index (χ1) is 31.3. The number of benzene rings is 9. The molecule has 0 fully saturated rings. The third-order valence-electron chi connectivity index (χ3n) is 13.4. The Labute approximate surface area is 378 Å². The molecule has 0 aromatic heterocycles. The molecule has 0 amide bonds. The summed E-state index contributed by atoms with van der Waals surface area (Å²) in [6.07, 6.45) is 8.40. The van der Waals surface area contributed by atoms with Crippen molar-refractivity contribution in [3.63, 3.8) is 0 Å². The van der Waals surface area contributed by atoms with Gasteiger partial charge in [0.1, 0.15) is 0 Å². The van der Waals surface area contributed by atoms with Gasteiger partial charge in [-0.2, -0.15) is 0 Å². The second-order valence-electron chi connectivity index (χ2n) is 17.1. The molecule has 0 saturated carbocycles. The van der Waals surface area contributed by atoms with Crippen LogP contribution in [0.4, 0.5) is 17.1 Å². The van der Waals surface area contributed by atoms with Crippen molar-refractivity contribution in [1.82, 2.24) is 0 Å². The summed E-state index contributed by atoms with van der Waals surface area (Å²) in [5.74, 6) is 0. The van der Waals surface area contributed by atoms with Crippen LogP contribution in [0.2, 0.25) is 0 Å². The molecule has 0 heterocycles. The van der Waals surface area contributed by atoms with Crippen molar-refractivity contribution in [3.05, 3.63) is 259 Å². The van der Waals surface area contributed by atoms with Crippen molar-refractivity contribution in [2.24, 2.45) is 0 Å². The Morgan fingerprint density at radius 2 is 1.00 bits per heavy atom. The highest BCUT2D eigenvalue weighted by molar-refractivity contribution is 6.03. The van der Waals surface area contributed by atoms with Crippen molar-refractivity contribution in [1.29, 1.82) is 0 Å². The quantitative estimate of drug-likeness (QED) is 0.124. The smallest absolute Gasteiger partial charge is 0.0465 e. The highest BCUT2D eigenvalue weighted by Gasteiger charge is 2.41. The van der Waals surface area contributed by atoms with Crippen LogP contribution >= 0.6 is 0 Å². The summed E-state index contributed by atoms with van der Waals surface area (Å²) in [4.78, 5) is 2.40. The van der Waals surface area contributed by atoms with Crippen LogP contribution in [0.25, 0.3) is 66.4 Å². The van der Waals surface area contributed by atoms with Crippen LogP contribution in [0, 0.1) is 13.8 Å². The molecule has 1 aliphatic rings. The standard InChI is InChI=1S/C63H51N/c1-6-7-9-20-44(3)63(5)61-29-17-16-28-57(61)58-39-38-53(41-62(58)63)64(51-34-30-47(31-35-51)50-24-18-23-49(40-50)46-21-10-8-11-22-46)52-36-32-48(33-37-52)60-42-59(54-25-13-12-19-43(54)2)45(4)55-26-14-15-27-56(55)60/h6-42H,3H2,1-2,4-5H3/b7-6-,20-9-. The van der Waals surface area contributed by atoms with E-state index in [2.05, 4.69) is 250 Å². The highest BCUT2D eigenvalue weighted by Crippen LogP contribution is 2.54. The molecule has 1 nitrogen and oxygen atoms in total. The predicted octanol–water partition coefficient (Wildman–Crippen LogP) is 17.6. The third kappa shape index (κ3) is 7.10. The number of hydrogen-bond donors (Lipinski definition) is 0. The molecule has 1 heteroatoms. The van der Waals surface area contributed by atoms with Gasteiger partial charge in [-0.1, -0.05) is 183 Å². The van der Waals surface area contributed by atoms with Gasteiger partial charge < -0.3 is 4.90 Å². The van der Waals surface area contributed by atoms with Crippen LogP contribution in [0.15, 0.2) is 237 Å². The zero-order valence-corrected chi connectivity index (χ0v) is 37.0. The van der Waals surface area contributed by atoms with E-state index in [1.807, 2.05) is 6.92 Å². The van der Waals surface area contributed by atoms with E-state index in [0.29, 0.717) is 0 Å². The minimum absolute atomic E-state index is 0.412. The summed E-state index contributed by atoms with van der Waals surface area (Å²) in [6, 6.07) is 73.4. The lowest BCUT2D eigenvalue weighted by molar-refractivity contribution is 0.715. The van der Waals surface area contributed by atoms with E-state index in [9.17, 15) is 0 Å². The molecule has 0 radical (unpaired) electrons. The Morgan fingerprint density at radius 3 is 1.70 bits per heavy atom. The fourth-order valence-electron chi connectivity index (χ4n) is 9.88. The minimum Gasteiger partial charge on any atom is -0.310 e. The molecule has 0 saturated heterocycles. The Bertz CT molecular complexity index is 3260. The van der Waals surface area contributed by atoms with Crippen LogP contribution < -0.4 is 4.90 Å². The monoisotopic (exact) mass is 821 g/mol. The van der Waals surface area contributed by atoms with Crippen LogP contribution in [0.3, 0.4) is 0 Å². The predicted molar refractivity (Wildman–Crippen MR) is 275 cm³/mol. The van der Waals surface area contributed by atoms with E-state index in [0.717, 1.165) is 22.6 Å². The highest BCUT2D eigenvalue weighted by atomic mass is 15.1. The number of nitrogens with zero attached hydrogens (tertiary/aromatic N) is 1. The topological polar surface area (TPSA) is 3.24 Å². The summed E-state index contributed by atoms with van der Waals surface area (Å²) in [5, 5.41) is 2.54. The fourth-order valence-corrected chi connectivity index (χ4v) is 9.88.